The molecule has 2 aromatic carbocycles. The number of rotatable bonds is 9. The van der Waals surface area contributed by atoms with Crippen LogP contribution in [0.15, 0.2) is 82.4 Å². The van der Waals surface area contributed by atoms with E-state index in [1.807, 2.05) is 60.7 Å². The topological polar surface area (TPSA) is 51.2 Å². The lowest BCUT2D eigenvalue weighted by molar-refractivity contribution is -0.120. The summed E-state index contributed by atoms with van der Waals surface area (Å²) < 4.78 is 6.80. The molecule has 0 bridgehead atoms. The van der Waals surface area contributed by atoms with Crippen molar-refractivity contribution < 1.29 is 9.53 Å². The molecule has 28 heavy (non-hydrogen) atoms. The van der Waals surface area contributed by atoms with Gasteiger partial charge >= 0.3 is 0 Å². The summed E-state index contributed by atoms with van der Waals surface area (Å²) in [4.78, 5) is 17.3. The van der Waals surface area contributed by atoms with Gasteiger partial charge in [-0.3, -0.25) is 9.78 Å². The molecule has 1 amide bonds. The molecule has 3 rings (SSSR count). The molecule has 4 nitrogen and oxygen atoms in total. The van der Waals surface area contributed by atoms with E-state index in [2.05, 4.69) is 26.2 Å². The van der Waals surface area contributed by atoms with Crippen molar-refractivity contribution in [3.8, 4) is 5.75 Å². The normalized spacial score (nSPS) is 10.5. The zero-order valence-corrected chi connectivity index (χ0v) is 17.7. The Morgan fingerprint density at radius 2 is 1.82 bits per heavy atom. The number of nitrogens with one attached hydrogen (secondary N) is 1. The quantitative estimate of drug-likeness (QED) is 0.448. The standard InChI is InChI=1S/C22H21BrN2O2S/c23-19-5-9-21(10-6-19)28-13-11-22(26)25-15-17-3-7-20(8-4-17)27-16-18-2-1-12-24-14-18/h1-10,12,14H,11,13,15-16H2,(H,25,26). The van der Waals surface area contributed by atoms with Crippen LogP contribution >= 0.6 is 27.7 Å². The van der Waals surface area contributed by atoms with Gasteiger partial charge in [-0.2, -0.15) is 0 Å². The van der Waals surface area contributed by atoms with Crippen LogP contribution < -0.4 is 10.1 Å². The van der Waals surface area contributed by atoms with Gasteiger partial charge in [-0.25, -0.2) is 0 Å². The molecule has 3 aromatic rings. The van der Waals surface area contributed by atoms with Gasteiger partial charge in [-0.05, 0) is 48.0 Å². The van der Waals surface area contributed by atoms with Crippen molar-refractivity contribution in [1.29, 1.82) is 0 Å². The SMILES string of the molecule is O=C(CCSc1ccc(Br)cc1)NCc1ccc(OCc2cccnc2)cc1. The second-order valence-electron chi connectivity index (χ2n) is 6.12. The van der Waals surface area contributed by atoms with Crippen LogP contribution in [0.3, 0.4) is 0 Å². The highest BCUT2D eigenvalue weighted by Gasteiger charge is 2.03. The Bertz CT molecular complexity index is 871. The summed E-state index contributed by atoms with van der Waals surface area (Å²) in [6.07, 6.45) is 4.03. The molecular weight excluding hydrogens is 436 g/mol. The lowest BCUT2D eigenvalue weighted by Crippen LogP contribution is -2.22. The first-order chi connectivity index (χ1) is 13.7. The molecule has 0 radical (unpaired) electrons. The van der Waals surface area contributed by atoms with Gasteiger partial charge in [0.2, 0.25) is 5.91 Å². The molecular formula is C22H21BrN2O2S. The monoisotopic (exact) mass is 456 g/mol. The number of halogens is 1. The van der Waals surface area contributed by atoms with Gasteiger partial charge < -0.3 is 10.1 Å². The lowest BCUT2D eigenvalue weighted by Gasteiger charge is -2.08. The van der Waals surface area contributed by atoms with Crippen molar-refractivity contribution >= 4 is 33.6 Å². The summed E-state index contributed by atoms with van der Waals surface area (Å²) in [7, 11) is 0. The smallest absolute Gasteiger partial charge is 0.221 e. The van der Waals surface area contributed by atoms with Gasteiger partial charge in [0.15, 0.2) is 0 Å². The number of carbonyl (C=O) groups excluding carboxylic acids is 1. The van der Waals surface area contributed by atoms with E-state index in [0.717, 1.165) is 32.0 Å². The predicted molar refractivity (Wildman–Crippen MR) is 116 cm³/mol. The number of nitrogens with zero attached hydrogens (tertiary/aromatic N) is 1. The Hall–Kier alpha value is -2.31. The Balaban J connectivity index is 1.35. The molecule has 0 aliphatic rings. The molecule has 0 saturated carbocycles. The van der Waals surface area contributed by atoms with Crippen LogP contribution in [0.2, 0.25) is 0 Å². The van der Waals surface area contributed by atoms with Crippen LogP contribution in [0, 0.1) is 0 Å². The van der Waals surface area contributed by atoms with E-state index in [1.165, 1.54) is 0 Å². The van der Waals surface area contributed by atoms with E-state index in [4.69, 9.17) is 4.74 Å². The second kappa shape index (κ2) is 10.9. The molecule has 0 aliphatic carbocycles. The average Bonchev–Trinajstić information content (AvgIpc) is 2.74. The van der Waals surface area contributed by atoms with E-state index >= 15 is 0 Å². The molecule has 1 aromatic heterocycles. The summed E-state index contributed by atoms with van der Waals surface area (Å²) in [5, 5.41) is 2.96. The van der Waals surface area contributed by atoms with Crippen LogP contribution in [-0.4, -0.2) is 16.6 Å². The fourth-order valence-corrected chi connectivity index (χ4v) is 3.55. The number of aromatic nitrogens is 1. The Kier molecular flexibility index (Phi) is 7.94. The molecule has 1 heterocycles. The Morgan fingerprint density at radius 1 is 1.04 bits per heavy atom. The van der Waals surface area contributed by atoms with Crippen LogP contribution in [-0.2, 0) is 17.9 Å². The number of benzene rings is 2. The second-order valence-corrected chi connectivity index (χ2v) is 8.21. The maximum absolute atomic E-state index is 12.0. The highest BCUT2D eigenvalue weighted by Crippen LogP contribution is 2.21. The van der Waals surface area contributed by atoms with Gasteiger partial charge in [0.1, 0.15) is 12.4 Å². The molecule has 6 heteroatoms. The number of carbonyl (C=O) groups is 1. The molecule has 0 aliphatic heterocycles. The number of hydrogen-bond acceptors (Lipinski definition) is 4. The minimum Gasteiger partial charge on any atom is -0.489 e. The van der Waals surface area contributed by atoms with Crippen LogP contribution in [0.25, 0.3) is 0 Å². The molecule has 0 unspecified atom stereocenters. The number of ether oxygens (including phenoxy) is 1. The van der Waals surface area contributed by atoms with Crippen LogP contribution in [0.5, 0.6) is 5.75 Å². The Labute approximate surface area is 177 Å². The van der Waals surface area contributed by atoms with Gasteiger partial charge in [-0.1, -0.05) is 34.1 Å². The van der Waals surface area contributed by atoms with Crippen molar-refractivity contribution in [2.45, 2.75) is 24.5 Å². The third kappa shape index (κ3) is 7.02. The zero-order chi connectivity index (χ0) is 19.6. The van der Waals surface area contributed by atoms with Gasteiger partial charge in [0.05, 0.1) is 0 Å². The summed E-state index contributed by atoms with van der Waals surface area (Å²) in [6.45, 7) is 1.00. The third-order valence-corrected chi connectivity index (χ3v) is 5.50. The van der Waals surface area contributed by atoms with E-state index in [9.17, 15) is 4.79 Å². The number of hydrogen-bond donors (Lipinski definition) is 1. The third-order valence-electron chi connectivity index (χ3n) is 3.95. The first kappa shape index (κ1) is 20.4. The minimum absolute atomic E-state index is 0.0570. The minimum atomic E-state index is 0.0570. The fourth-order valence-electron chi connectivity index (χ4n) is 2.44. The van der Waals surface area contributed by atoms with E-state index < -0.39 is 0 Å². The first-order valence-electron chi connectivity index (χ1n) is 8.95. The van der Waals surface area contributed by atoms with Crippen molar-refractivity contribution in [3.05, 3.63) is 88.7 Å². The number of pyridine rings is 1. The van der Waals surface area contributed by atoms with Gasteiger partial charge in [0, 0.05) is 46.0 Å². The maximum atomic E-state index is 12.0. The van der Waals surface area contributed by atoms with E-state index in [-0.39, 0.29) is 5.91 Å². The first-order valence-corrected chi connectivity index (χ1v) is 10.7. The zero-order valence-electron chi connectivity index (χ0n) is 15.3. The number of amides is 1. The predicted octanol–water partition coefficient (Wildman–Crippen LogP) is 5.22. The van der Waals surface area contributed by atoms with E-state index in [0.29, 0.717) is 19.6 Å². The largest absolute Gasteiger partial charge is 0.489 e. The fraction of sp³-hybridized carbons (Fsp3) is 0.182. The van der Waals surface area contributed by atoms with Crippen LogP contribution in [0.4, 0.5) is 0 Å². The van der Waals surface area contributed by atoms with Crippen molar-refractivity contribution in [2.75, 3.05) is 5.75 Å². The van der Waals surface area contributed by atoms with Crippen molar-refractivity contribution in [1.82, 2.24) is 10.3 Å². The highest BCUT2D eigenvalue weighted by atomic mass is 79.9. The van der Waals surface area contributed by atoms with Gasteiger partial charge in [0.25, 0.3) is 0 Å². The number of thioether (sulfide) groups is 1. The summed E-state index contributed by atoms with van der Waals surface area (Å²) in [6, 6.07) is 19.7. The van der Waals surface area contributed by atoms with Crippen molar-refractivity contribution in [2.24, 2.45) is 0 Å². The summed E-state index contributed by atoms with van der Waals surface area (Å²) in [5.41, 5.74) is 2.07. The summed E-state index contributed by atoms with van der Waals surface area (Å²) >= 11 is 5.10. The highest BCUT2D eigenvalue weighted by molar-refractivity contribution is 9.10. The molecule has 144 valence electrons. The molecule has 1 N–H and O–H groups in total. The molecule has 0 fully saturated rings. The van der Waals surface area contributed by atoms with Gasteiger partial charge in [-0.15, -0.1) is 11.8 Å². The van der Waals surface area contributed by atoms with Crippen molar-refractivity contribution in [3.63, 3.8) is 0 Å². The molecule has 0 saturated heterocycles. The average molecular weight is 457 g/mol. The summed E-state index contributed by atoms with van der Waals surface area (Å²) in [5.74, 6) is 1.61. The van der Waals surface area contributed by atoms with Crippen LogP contribution in [0.1, 0.15) is 17.5 Å². The van der Waals surface area contributed by atoms with E-state index in [1.54, 1.807) is 24.2 Å². The Morgan fingerprint density at radius 3 is 2.54 bits per heavy atom. The molecule has 0 spiro atoms. The maximum Gasteiger partial charge on any atom is 0.221 e. The molecule has 0 atom stereocenters. The lowest BCUT2D eigenvalue weighted by atomic mass is 10.2.